The van der Waals surface area contributed by atoms with E-state index < -0.39 is 0 Å². The standard InChI is InChI=1S/C14H25N3S/c1-14(2)7-5-12(6-8-14)17(4)13-16-11(9-15-3)10-18-13/h10,12,15H,5-9H2,1-4H3. The van der Waals surface area contributed by atoms with E-state index in [1.54, 1.807) is 11.3 Å². The molecule has 2 rings (SSSR count). The van der Waals surface area contributed by atoms with E-state index in [1.165, 1.54) is 30.8 Å². The van der Waals surface area contributed by atoms with Crippen molar-refractivity contribution in [1.29, 1.82) is 0 Å². The van der Waals surface area contributed by atoms with Gasteiger partial charge < -0.3 is 10.2 Å². The van der Waals surface area contributed by atoms with Gasteiger partial charge in [0, 0.05) is 25.0 Å². The second-order valence-corrected chi connectivity index (χ2v) is 6.99. The molecule has 1 aromatic rings. The van der Waals surface area contributed by atoms with E-state index in [1.807, 2.05) is 7.05 Å². The molecule has 0 aliphatic heterocycles. The van der Waals surface area contributed by atoms with Crippen LogP contribution in [0.3, 0.4) is 0 Å². The number of nitrogens with zero attached hydrogens (tertiary/aromatic N) is 2. The van der Waals surface area contributed by atoms with Gasteiger partial charge in [0.15, 0.2) is 5.13 Å². The number of aromatic nitrogens is 1. The first-order valence-electron chi connectivity index (χ1n) is 6.84. The van der Waals surface area contributed by atoms with Gasteiger partial charge in [-0.15, -0.1) is 11.3 Å². The van der Waals surface area contributed by atoms with Gasteiger partial charge in [-0.2, -0.15) is 0 Å². The van der Waals surface area contributed by atoms with Crippen LogP contribution in [0.5, 0.6) is 0 Å². The maximum atomic E-state index is 4.69. The summed E-state index contributed by atoms with van der Waals surface area (Å²) >= 11 is 1.77. The van der Waals surface area contributed by atoms with Crippen LogP contribution in [-0.2, 0) is 6.54 Å². The predicted molar refractivity (Wildman–Crippen MR) is 79.3 cm³/mol. The second kappa shape index (κ2) is 5.57. The van der Waals surface area contributed by atoms with Gasteiger partial charge >= 0.3 is 0 Å². The van der Waals surface area contributed by atoms with Crippen molar-refractivity contribution >= 4 is 16.5 Å². The van der Waals surface area contributed by atoms with Gasteiger partial charge in [-0.05, 0) is 38.1 Å². The minimum Gasteiger partial charge on any atom is -0.348 e. The largest absolute Gasteiger partial charge is 0.348 e. The molecule has 4 heteroatoms. The monoisotopic (exact) mass is 267 g/mol. The number of hydrogen-bond donors (Lipinski definition) is 1. The van der Waals surface area contributed by atoms with Crippen LogP contribution in [0.4, 0.5) is 5.13 Å². The lowest BCUT2D eigenvalue weighted by atomic mass is 9.75. The second-order valence-electron chi connectivity index (χ2n) is 6.16. The van der Waals surface area contributed by atoms with Gasteiger partial charge in [-0.3, -0.25) is 0 Å². The quantitative estimate of drug-likeness (QED) is 0.907. The van der Waals surface area contributed by atoms with Crippen LogP contribution in [-0.4, -0.2) is 25.1 Å². The number of rotatable bonds is 4. The fourth-order valence-electron chi connectivity index (χ4n) is 2.65. The number of anilines is 1. The van der Waals surface area contributed by atoms with E-state index in [9.17, 15) is 0 Å². The zero-order chi connectivity index (χ0) is 13.2. The molecule has 0 spiro atoms. The van der Waals surface area contributed by atoms with Crippen molar-refractivity contribution in [3.63, 3.8) is 0 Å². The molecule has 0 amide bonds. The summed E-state index contributed by atoms with van der Waals surface area (Å²) in [6.45, 7) is 5.64. The normalized spacial score (nSPS) is 20.0. The molecule has 18 heavy (non-hydrogen) atoms. The molecule has 1 fully saturated rings. The molecule has 102 valence electrons. The SMILES string of the molecule is CNCc1csc(N(C)C2CCC(C)(C)CC2)n1. The van der Waals surface area contributed by atoms with Gasteiger partial charge in [-0.1, -0.05) is 13.8 Å². The lowest BCUT2D eigenvalue weighted by Crippen LogP contribution is -2.37. The summed E-state index contributed by atoms with van der Waals surface area (Å²) < 4.78 is 0. The predicted octanol–water partition coefficient (Wildman–Crippen LogP) is 3.27. The Morgan fingerprint density at radius 3 is 2.72 bits per heavy atom. The maximum absolute atomic E-state index is 4.69. The van der Waals surface area contributed by atoms with Crippen molar-refractivity contribution in [3.05, 3.63) is 11.1 Å². The molecule has 3 nitrogen and oxygen atoms in total. The summed E-state index contributed by atoms with van der Waals surface area (Å²) in [7, 11) is 4.16. The molecule has 0 aromatic carbocycles. The topological polar surface area (TPSA) is 28.2 Å². The maximum Gasteiger partial charge on any atom is 0.185 e. The number of nitrogens with one attached hydrogen (secondary N) is 1. The molecule has 1 aliphatic carbocycles. The highest BCUT2D eigenvalue weighted by molar-refractivity contribution is 7.13. The molecular formula is C14H25N3S. The van der Waals surface area contributed by atoms with Gasteiger partial charge in [-0.25, -0.2) is 4.98 Å². The third-order valence-corrected chi connectivity index (χ3v) is 5.04. The molecule has 0 saturated heterocycles. The van der Waals surface area contributed by atoms with Gasteiger partial charge in [0.05, 0.1) is 5.69 Å². The van der Waals surface area contributed by atoms with Crippen molar-refractivity contribution < 1.29 is 0 Å². The van der Waals surface area contributed by atoms with Gasteiger partial charge in [0.2, 0.25) is 0 Å². The highest BCUT2D eigenvalue weighted by atomic mass is 32.1. The lowest BCUT2D eigenvalue weighted by Gasteiger charge is -2.38. The van der Waals surface area contributed by atoms with Crippen molar-refractivity contribution in [2.24, 2.45) is 5.41 Å². The van der Waals surface area contributed by atoms with E-state index in [2.05, 4.69) is 36.5 Å². The smallest absolute Gasteiger partial charge is 0.185 e. The Morgan fingerprint density at radius 2 is 2.11 bits per heavy atom. The van der Waals surface area contributed by atoms with Crippen LogP contribution < -0.4 is 10.2 Å². The third kappa shape index (κ3) is 3.23. The molecular weight excluding hydrogens is 242 g/mol. The molecule has 1 saturated carbocycles. The Morgan fingerprint density at radius 1 is 1.44 bits per heavy atom. The first-order chi connectivity index (χ1) is 8.52. The molecule has 0 radical (unpaired) electrons. The Hall–Kier alpha value is -0.610. The number of thiazole rings is 1. The van der Waals surface area contributed by atoms with Crippen LogP contribution in [0.15, 0.2) is 5.38 Å². The Kier molecular flexibility index (Phi) is 4.28. The fraction of sp³-hybridized carbons (Fsp3) is 0.786. The van der Waals surface area contributed by atoms with Gasteiger partial charge in [0.25, 0.3) is 0 Å². The van der Waals surface area contributed by atoms with Crippen LogP contribution in [0.1, 0.15) is 45.2 Å². The summed E-state index contributed by atoms with van der Waals surface area (Å²) in [5, 5.41) is 6.49. The van der Waals surface area contributed by atoms with E-state index in [-0.39, 0.29) is 0 Å². The van der Waals surface area contributed by atoms with E-state index in [4.69, 9.17) is 4.98 Å². The van der Waals surface area contributed by atoms with Crippen molar-refractivity contribution in [2.75, 3.05) is 19.0 Å². The first-order valence-corrected chi connectivity index (χ1v) is 7.72. The molecule has 1 aromatic heterocycles. The Labute approximate surface area is 115 Å². The fourth-order valence-corrected chi connectivity index (χ4v) is 3.51. The zero-order valence-corrected chi connectivity index (χ0v) is 12.8. The lowest BCUT2D eigenvalue weighted by molar-refractivity contribution is 0.222. The molecule has 1 heterocycles. The van der Waals surface area contributed by atoms with Crippen LogP contribution in [0.25, 0.3) is 0 Å². The highest BCUT2D eigenvalue weighted by Gasteiger charge is 2.29. The summed E-state index contributed by atoms with van der Waals surface area (Å²) in [6.07, 6.45) is 5.25. The zero-order valence-electron chi connectivity index (χ0n) is 12.0. The van der Waals surface area contributed by atoms with Crippen molar-refractivity contribution in [2.45, 2.75) is 52.1 Å². The first kappa shape index (κ1) is 13.8. The highest BCUT2D eigenvalue weighted by Crippen LogP contribution is 2.38. The molecule has 1 N–H and O–H groups in total. The average molecular weight is 267 g/mol. The van der Waals surface area contributed by atoms with Crippen LogP contribution >= 0.6 is 11.3 Å². The van der Waals surface area contributed by atoms with E-state index in [0.717, 1.165) is 12.2 Å². The number of hydrogen-bond acceptors (Lipinski definition) is 4. The third-order valence-electron chi connectivity index (χ3n) is 4.06. The van der Waals surface area contributed by atoms with E-state index in [0.29, 0.717) is 11.5 Å². The summed E-state index contributed by atoms with van der Waals surface area (Å²) in [6, 6.07) is 0.673. The molecule has 0 bridgehead atoms. The molecule has 1 aliphatic rings. The van der Waals surface area contributed by atoms with Crippen LogP contribution in [0.2, 0.25) is 0 Å². The van der Waals surface area contributed by atoms with Crippen LogP contribution in [0, 0.1) is 5.41 Å². The van der Waals surface area contributed by atoms with Crippen molar-refractivity contribution in [3.8, 4) is 0 Å². The van der Waals surface area contributed by atoms with Gasteiger partial charge in [0.1, 0.15) is 0 Å². The summed E-state index contributed by atoms with van der Waals surface area (Å²) in [5.74, 6) is 0. The molecule has 0 atom stereocenters. The summed E-state index contributed by atoms with van der Waals surface area (Å²) in [5.41, 5.74) is 1.69. The Bertz CT molecular complexity index is 376. The minimum absolute atomic E-state index is 0.539. The average Bonchev–Trinajstić information content (AvgIpc) is 2.77. The minimum atomic E-state index is 0.539. The summed E-state index contributed by atoms with van der Waals surface area (Å²) in [4.78, 5) is 7.08. The Balaban J connectivity index is 1.96. The van der Waals surface area contributed by atoms with Crippen molar-refractivity contribution in [1.82, 2.24) is 10.3 Å². The molecule has 0 unspecified atom stereocenters. The van der Waals surface area contributed by atoms with E-state index >= 15 is 0 Å².